The summed E-state index contributed by atoms with van der Waals surface area (Å²) < 4.78 is 12.0. The number of nitrogens with one attached hydrogen (secondary N) is 2. The summed E-state index contributed by atoms with van der Waals surface area (Å²) in [4.78, 5) is 43.5. The van der Waals surface area contributed by atoms with Crippen molar-refractivity contribution in [2.24, 2.45) is 0 Å². The maximum atomic E-state index is 12.0. The van der Waals surface area contributed by atoms with Crippen LogP contribution in [0.25, 0.3) is 0 Å². The van der Waals surface area contributed by atoms with Crippen LogP contribution in [0.1, 0.15) is 25.7 Å². The maximum absolute atomic E-state index is 12.0. The highest BCUT2D eigenvalue weighted by Crippen LogP contribution is 2.01. The molecule has 0 rings (SSSR count). The number of hydrogen-bond donors (Lipinski definition) is 5. The second kappa shape index (κ2) is 9.50. The number of carboxylic acid groups (broad SMARTS) is 3. The molecule has 0 radical (unpaired) electrons. The Morgan fingerprint density at radius 1 is 0.905 bits per heavy atom. The standard InChI is InChI=1S/C11H17FN2O7/c12-5-1-2-6(9(17)18)13-11(21)14-7(10(19)20)3-4-8(15)16/h6-7H,1-5H2,(H,15,16)(H,17,18)(H,19,20)(H2,13,14,21). The van der Waals surface area contributed by atoms with Crippen LogP contribution in [0.15, 0.2) is 0 Å². The van der Waals surface area contributed by atoms with E-state index in [1.165, 1.54) is 0 Å². The van der Waals surface area contributed by atoms with Gasteiger partial charge in [0.2, 0.25) is 0 Å². The van der Waals surface area contributed by atoms with Crippen LogP contribution in [-0.2, 0) is 14.4 Å². The zero-order chi connectivity index (χ0) is 16.4. The first kappa shape index (κ1) is 18.6. The summed E-state index contributed by atoms with van der Waals surface area (Å²) in [5.41, 5.74) is 0. The number of rotatable bonds is 10. The van der Waals surface area contributed by atoms with Crippen LogP contribution in [0.2, 0.25) is 0 Å². The smallest absolute Gasteiger partial charge is 0.326 e. The highest BCUT2D eigenvalue weighted by molar-refractivity contribution is 5.86. The fourth-order valence-corrected chi connectivity index (χ4v) is 1.42. The van der Waals surface area contributed by atoms with Gasteiger partial charge in [-0.1, -0.05) is 0 Å². The first-order valence-electron chi connectivity index (χ1n) is 6.08. The lowest BCUT2D eigenvalue weighted by atomic mass is 10.1. The van der Waals surface area contributed by atoms with Gasteiger partial charge in [-0.3, -0.25) is 9.18 Å². The predicted octanol–water partition coefficient (Wildman–Crippen LogP) is -0.194. The topological polar surface area (TPSA) is 153 Å². The summed E-state index contributed by atoms with van der Waals surface area (Å²) in [6.45, 7) is -0.747. The Kier molecular flexibility index (Phi) is 8.42. The molecule has 0 fully saturated rings. The van der Waals surface area contributed by atoms with E-state index in [-0.39, 0.29) is 19.3 Å². The summed E-state index contributed by atoms with van der Waals surface area (Å²) >= 11 is 0. The van der Waals surface area contributed by atoms with Crippen LogP contribution >= 0.6 is 0 Å². The fourth-order valence-electron chi connectivity index (χ4n) is 1.42. The Morgan fingerprint density at radius 2 is 1.38 bits per heavy atom. The summed E-state index contributed by atoms with van der Waals surface area (Å²) in [5, 5.41) is 30.0. The summed E-state index contributed by atoms with van der Waals surface area (Å²) in [5.74, 6) is -4.05. The van der Waals surface area contributed by atoms with Crippen molar-refractivity contribution in [2.45, 2.75) is 37.8 Å². The van der Waals surface area contributed by atoms with Crippen LogP contribution in [-0.4, -0.2) is 58.0 Å². The van der Waals surface area contributed by atoms with E-state index in [2.05, 4.69) is 0 Å². The minimum absolute atomic E-state index is 0.0708. The molecule has 0 bridgehead atoms. The number of urea groups is 1. The molecule has 10 heteroatoms. The van der Waals surface area contributed by atoms with Gasteiger partial charge in [-0.15, -0.1) is 0 Å². The van der Waals surface area contributed by atoms with Crippen LogP contribution < -0.4 is 10.6 Å². The van der Waals surface area contributed by atoms with E-state index >= 15 is 0 Å². The molecule has 2 amide bonds. The third-order valence-corrected chi connectivity index (χ3v) is 2.48. The van der Waals surface area contributed by atoms with Gasteiger partial charge < -0.3 is 26.0 Å². The SMILES string of the molecule is O=C(O)CCC(NC(=O)NC(CCCF)C(=O)O)C(=O)O. The van der Waals surface area contributed by atoms with E-state index in [0.29, 0.717) is 0 Å². The molecule has 9 nitrogen and oxygen atoms in total. The largest absolute Gasteiger partial charge is 0.481 e. The molecular weight excluding hydrogens is 291 g/mol. The predicted molar refractivity (Wildman–Crippen MR) is 66.6 cm³/mol. The van der Waals surface area contributed by atoms with Crippen LogP contribution in [0, 0.1) is 0 Å². The number of hydrogen-bond acceptors (Lipinski definition) is 4. The number of aliphatic carboxylic acids is 3. The molecule has 0 saturated heterocycles. The highest BCUT2D eigenvalue weighted by atomic mass is 19.1. The molecule has 0 aromatic heterocycles. The monoisotopic (exact) mass is 308 g/mol. The number of carboxylic acids is 3. The lowest BCUT2D eigenvalue weighted by Gasteiger charge is -2.17. The van der Waals surface area contributed by atoms with Gasteiger partial charge in [0.15, 0.2) is 0 Å². The van der Waals surface area contributed by atoms with E-state index in [1.54, 1.807) is 0 Å². The molecule has 0 aromatic carbocycles. The van der Waals surface area contributed by atoms with Crippen LogP contribution in [0.5, 0.6) is 0 Å². The van der Waals surface area contributed by atoms with Crippen LogP contribution in [0.4, 0.5) is 9.18 Å². The Bertz CT molecular complexity index is 402. The average molecular weight is 308 g/mol. The molecule has 21 heavy (non-hydrogen) atoms. The van der Waals surface area contributed by atoms with Gasteiger partial charge in [0.25, 0.3) is 0 Å². The lowest BCUT2D eigenvalue weighted by molar-refractivity contribution is -0.140. The molecule has 2 atom stereocenters. The zero-order valence-electron chi connectivity index (χ0n) is 11.0. The zero-order valence-corrected chi connectivity index (χ0v) is 11.0. The van der Waals surface area contributed by atoms with Crippen molar-refractivity contribution >= 4 is 23.9 Å². The molecule has 120 valence electrons. The number of carbonyl (C=O) groups is 4. The third-order valence-electron chi connectivity index (χ3n) is 2.48. The van der Waals surface area contributed by atoms with Crippen molar-refractivity contribution in [3.63, 3.8) is 0 Å². The number of amides is 2. The van der Waals surface area contributed by atoms with Crippen molar-refractivity contribution in [2.75, 3.05) is 6.67 Å². The number of carbonyl (C=O) groups excluding carboxylic acids is 1. The average Bonchev–Trinajstić information content (AvgIpc) is 2.38. The third kappa shape index (κ3) is 8.39. The van der Waals surface area contributed by atoms with E-state index in [4.69, 9.17) is 15.3 Å². The van der Waals surface area contributed by atoms with Crippen molar-refractivity contribution < 1.29 is 38.9 Å². The van der Waals surface area contributed by atoms with Crippen molar-refractivity contribution in [1.29, 1.82) is 0 Å². The van der Waals surface area contributed by atoms with Gasteiger partial charge in [0, 0.05) is 6.42 Å². The molecule has 0 aliphatic carbocycles. The Morgan fingerprint density at radius 3 is 1.76 bits per heavy atom. The molecule has 0 aliphatic heterocycles. The molecule has 0 saturated carbocycles. The van der Waals surface area contributed by atoms with E-state index in [9.17, 15) is 23.6 Å². The van der Waals surface area contributed by atoms with Crippen molar-refractivity contribution in [1.82, 2.24) is 10.6 Å². The molecule has 2 unspecified atom stereocenters. The maximum Gasteiger partial charge on any atom is 0.326 e. The molecule has 0 spiro atoms. The van der Waals surface area contributed by atoms with E-state index in [1.807, 2.05) is 10.6 Å². The molecule has 0 aliphatic rings. The van der Waals surface area contributed by atoms with Gasteiger partial charge in [0.05, 0.1) is 6.67 Å². The highest BCUT2D eigenvalue weighted by Gasteiger charge is 2.24. The van der Waals surface area contributed by atoms with Gasteiger partial charge in [-0.05, 0) is 19.3 Å². The van der Waals surface area contributed by atoms with Gasteiger partial charge in [-0.2, -0.15) is 0 Å². The first-order valence-corrected chi connectivity index (χ1v) is 6.08. The van der Waals surface area contributed by atoms with E-state index in [0.717, 1.165) is 0 Å². The first-order chi connectivity index (χ1) is 9.77. The fraction of sp³-hybridized carbons (Fsp3) is 0.636. The Labute approximate surface area is 119 Å². The lowest BCUT2D eigenvalue weighted by Crippen LogP contribution is -2.51. The molecule has 5 N–H and O–H groups in total. The summed E-state index contributed by atoms with van der Waals surface area (Å²) in [6.07, 6.45) is -1.04. The molecular formula is C11H17FN2O7. The minimum atomic E-state index is -1.46. The van der Waals surface area contributed by atoms with Crippen LogP contribution in [0.3, 0.4) is 0 Å². The van der Waals surface area contributed by atoms with E-state index < -0.39 is 49.1 Å². The summed E-state index contributed by atoms with van der Waals surface area (Å²) in [6, 6.07) is -3.88. The second-order valence-corrected chi connectivity index (χ2v) is 4.16. The quantitative estimate of drug-likeness (QED) is 0.374. The Hall–Kier alpha value is -2.39. The van der Waals surface area contributed by atoms with Crippen molar-refractivity contribution in [3.8, 4) is 0 Å². The van der Waals surface area contributed by atoms with Gasteiger partial charge in [-0.25, -0.2) is 14.4 Å². The number of halogens is 1. The van der Waals surface area contributed by atoms with Crippen molar-refractivity contribution in [3.05, 3.63) is 0 Å². The summed E-state index contributed by atoms with van der Waals surface area (Å²) in [7, 11) is 0. The Balaban J connectivity index is 4.49. The number of alkyl halides is 1. The molecule has 0 heterocycles. The van der Waals surface area contributed by atoms with Gasteiger partial charge in [0.1, 0.15) is 12.1 Å². The molecule has 0 aromatic rings. The minimum Gasteiger partial charge on any atom is -0.481 e. The second-order valence-electron chi connectivity index (χ2n) is 4.16. The van der Waals surface area contributed by atoms with Gasteiger partial charge >= 0.3 is 23.9 Å². The normalized spacial score (nSPS) is 13.0.